The second kappa shape index (κ2) is 5.75. The summed E-state index contributed by atoms with van der Waals surface area (Å²) in [6.07, 6.45) is 2.53. The van der Waals surface area contributed by atoms with E-state index in [0.29, 0.717) is 12.6 Å². The molecule has 5 heteroatoms. The van der Waals surface area contributed by atoms with E-state index < -0.39 is 0 Å². The van der Waals surface area contributed by atoms with Crippen LogP contribution in [0.25, 0.3) is 0 Å². The first-order valence-electron chi connectivity index (χ1n) is 5.81. The third-order valence-corrected chi connectivity index (χ3v) is 2.85. The van der Waals surface area contributed by atoms with Gasteiger partial charge < -0.3 is 10.1 Å². The third-order valence-electron chi connectivity index (χ3n) is 2.85. The molecule has 1 aromatic rings. The Bertz CT molecular complexity index is 389. The first kappa shape index (κ1) is 12.0. The molecule has 0 amide bonds. The predicted molar refractivity (Wildman–Crippen MR) is 63.8 cm³/mol. The van der Waals surface area contributed by atoms with Gasteiger partial charge in [-0.1, -0.05) is 12.1 Å². The molecule has 1 aliphatic rings. The smallest absolute Gasteiger partial charge is 0.269 e. The number of ether oxygens (including phenoxy) is 1. The molecule has 1 N–H and O–H groups in total. The topological polar surface area (TPSA) is 64.4 Å². The van der Waals surface area contributed by atoms with Crippen LogP contribution >= 0.6 is 0 Å². The highest BCUT2D eigenvalue weighted by Crippen LogP contribution is 2.14. The molecule has 0 aliphatic carbocycles. The standard InChI is InChI=1S/C12H16N2O3/c15-14(16)11-4-1-3-10(7-11)8-13-9-12-5-2-6-17-12/h1,3-4,7,12-13H,2,5-6,8-9H2. The van der Waals surface area contributed by atoms with Crippen LogP contribution in [0.2, 0.25) is 0 Å². The van der Waals surface area contributed by atoms with Crippen LogP contribution in [-0.4, -0.2) is 24.2 Å². The number of rotatable bonds is 5. The van der Waals surface area contributed by atoms with Crippen LogP contribution in [0.1, 0.15) is 18.4 Å². The van der Waals surface area contributed by atoms with Crippen LogP contribution in [0, 0.1) is 10.1 Å². The van der Waals surface area contributed by atoms with Crippen molar-refractivity contribution in [1.29, 1.82) is 0 Å². The number of nitro benzene ring substituents is 1. The zero-order valence-corrected chi connectivity index (χ0v) is 9.59. The number of nitrogens with one attached hydrogen (secondary N) is 1. The largest absolute Gasteiger partial charge is 0.377 e. The molecule has 0 radical (unpaired) electrons. The summed E-state index contributed by atoms with van der Waals surface area (Å²) in [5, 5.41) is 13.9. The molecule has 0 saturated carbocycles. The van der Waals surface area contributed by atoms with E-state index in [1.807, 2.05) is 6.07 Å². The molecule has 1 heterocycles. The van der Waals surface area contributed by atoms with E-state index in [2.05, 4.69) is 5.32 Å². The number of non-ortho nitro benzene ring substituents is 1. The SMILES string of the molecule is O=[N+]([O-])c1cccc(CNCC2CCCO2)c1. The number of hydrogen-bond acceptors (Lipinski definition) is 4. The average molecular weight is 236 g/mol. The van der Waals surface area contributed by atoms with Gasteiger partial charge in [0.2, 0.25) is 0 Å². The molecule has 1 unspecified atom stereocenters. The van der Waals surface area contributed by atoms with Crippen LogP contribution < -0.4 is 5.32 Å². The lowest BCUT2D eigenvalue weighted by Gasteiger charge is -2.10. The lowest BCUT2D eigenvalue weighted by Crippen LogP contribution is -2.25. The van der Waals surface area contributed by atoms with Crippen molar-refractivity contribution in [3.05, 3.63) is 39.9 Å². The van der Waals surface area contributed by atoms with Crippen molar-refractivity contribution < 1.29 is 9.66 Å². The van der Waals surface area contributed by atoms with Gasteiger partial charge in [-0.2, -0.15) is 0 Å². The number of hydrogen-bond donors (Lipinski definition) is 1. The second-order valence-electron chi connectivity index (χ2n) is 4.19. The monoisotopic (exact) mass is 236 g/mol. The van der Waals surface area contributed by atoms with Gasteiger partial charge >= 0.3 is 0 Å². The number of nitro groups is 1. The summed E-state index contributed by atoms with van der Waals surface area (Å²) in [4.78, 5) is 10.2. The van der Waals surface area contributed by atoms with E-state index in [4.69, 9.17) is 4.74 Å². The van der Waals surface area contributed by atoms with E-state index in [1.165, 1.54) is 6.07 Å². The van der Waals surface area contributed by atoms with Crippen LogP contribution in [0.15, 0.2) is 24.3 Å². The van der Waals surface area contributed by atoms with Crippen LogP contribution in [0.3, 0.4) is 0 Å². The Morgan fingerprint density at radius 2 is 2.41 bits per heavy atom. The maximum Gasteiger partial charge on any atom is 0.269 e. The molecule has 92 valence electrons. The van der Waals surface area contributed by atoms with Gasteiger partial charge in [0.15, 0.2) is 0 Å². The van der Waals surface area contributed by atoms with Crippen molar-refractivity contribution in [2.45, 2.75) is 25.5 Å². The van der Waals surface area contributed by atoms with E-state index in [9.17, 15) is 10.1 Å². The van der Waals surface area contributed by atoms with Crippen molar-refractivity contribution in [2.24, 2.45) is 0 Å². The predicted octanol–water partition coefficient (Wildman–Crippen LogP) is 1.86. The molecule has 0 bridgehead atoms. The second-order valence-corrected chi connectivity index (χ2v) is 4.19. The molecule has 2 rings (SSSR count). The average Bonchev–Trinajstić information content (AvgIpc) is 2.82. The molecule has 1 fully saturated rings. The van der Waals surface area contributed by atoms with Gasteiger partial charge in [-0.15, -0.1) is 0 Å². The van der Waals surface area contributed by atoms with Gasteiger partial charge in [0.05, 0.1) is 11.0 Å². The molecule has 0 spiro atoms. The molecule has 17 heavy (non-hydrogen) atoms. The lowest BCUT2D eigenvalue weighted by atomic mass is 10.2. The maximum atomic E-state index is 10.6. The van der Waals surface area contributed by atoms with Crippen molar-refractivity contribution in [3.8, 4) is 0 Å². The highest BCUT2D eigenvalue weighted by Gasteiger charge is 2.14. The molecule has 1 atom stereocenters. The molecule has 1 saturated heterocycles. The van der Waals surface area contributed by atoms with Crippen LogP contribution in [0.5, 0.6) is 0 Å². The summed E-state index contributed by atoms with van der Waals surface area (Å²) in [6, 6.07) is 6.70. The zero-order valence-electron chi connectivity index (χ0n) is 9.59. The summed E-state index contributed by atoms with van der Waals surface area (Å²) < 4.78 is 5.48. The lowest BCUT2D eigenvalue weighted by molar-refractivity contribution is -0.384. The van der Waals surface area contributed by atoms with Gasteiger partial charge in [-0.25, -0.2) is 0 Å². The van der Waals surface area contributed by atoms with Crippen LogP contribution in [0.4, 0.5) is 5.69 Å². The molecule has 1 aromatic carbocycles. The molecular weight excluding hydrogens is 220 g/mol. The first-order chi connectivity index (χ1) is 8.25. The zero-order chi connectivity index (χ0) is 12.1. The normalized spacial score (nSPS) is 19.4. The summed E-state index contributed by atoms with van der Waals surface area (Å²) in [5.41, 5.74) is 1.07. The van der Waals surface area contributed by atoms with Crippen LogP contribution in [-0.2, 0) is 11.3 Å². The first-order valence-corrected chi connectivity index (χ1v) is 5.81. The molecule has 5 nitrogen and oxygen atoms in total. The minimum Gasteiger partial charge on any atom is -0.377 e. The minimum atomic E-state index is -0.371. The van der Waals surface area contributed by atoms with Gasteiger partial charge in [0, 0.05) is 31.8 Å². The Morgan fingerprint density at radius 1 is 1.53 bits per heavy atom. The quantitative estimate of drug-likeness (QED) is 0.626. The van der Waals surface area contributed by atoms with Crippen molar-refractivity contribution >= 4 is 5.69 Å². The van der Waals surface area contributed by atoms with Gasteiger partial charge in [-0.3, -0.25) is 10.1 Å². The maximum absolute atomic E-state index is 10.6. The highest BCUT2D eigenvalue weighted by atomic mass is 16.6. The summed E-state index contributed by atoms with van der Waals surface area (Å²) in [5.74, 6) is 0. The molecule has 1 aliphatic heterocycles. The van der Waals surface area contributed by atoms with Gasteiger partial charge in [0.1, 0.15) is 0 Å². The summed E-state index contributed by atoms with van der Waals surface area (Å²) >= 11 is 0. The van der Waals surface area contributed by atoms with E-state index in [0.717, 1.165) is 31.6 Å². The molecular formula is C12H16N2O3. The summed E-state index contributed by atoms with van der Waals surface area (Å²) in [6.45, 7) is 2.30. The fraction of sp³-hybridized carbons (Fsp3) is 0.500. The Kier molecular flexibility index (Phi) is 4.06. The van der Waals surface area contributed by atoms with Crippen molar-refractivity contribution in [2.75, 3.05) is 13.2 Å². The highest BCUT2D eigenvalue weighted by molar-refractivity contribution is 5.34. The Morgan fingerprint density at radius 3 is 3.12 bits per heavy atom. The Labute approximate surface area is 99.9 Å². The van der Waals surface area contributed by atoms with E-state index in [-0.39, 0.29) is 10.6 Å². The van der Waals surface area contributed by atoms with E-state index >= 15 is 0 Å². The number of nitrogens with zero attached hydrogens (tertiary/aromatic N) is 1. The Balaban J connectivity index is 1.81. The van der Waals surface area contributed by atoms with E-state index in [1.54, 1.807) is 12.1 Å². The third kappa shape index (κ3) is 3.51. The van der Waals surface area contributed by atoms with Gasteiger partial charge in [-0.05, 0) is 18.4 Å². The van der Waals surface area contributed by atoms with Crippen molar-refractivity contribution in [3.63, 3.8) is 0 Å². The Hall–Kier alpha value is -1.46. The minimum absolute atomic E-state index is 0.140. The van der Waals surface area contributed by atoms with Crippen molar-refractivity contribution in [1.82, 2.24) is 5.32 Å². The van der Waals surface area contributed by atoms with Gasteiger partial charge in [0.25, 0.3) is 5.69 Å². The fourth-order valence-corrected chi connectivity index (χ4v) is 1.96. The summed E-state index contributed by atoms with van der Waals surface area (Å²) in [7, 11) is 0. The fourth-order valence-electron chi connectivity index (χ4n) is 1.96. The molecule has 0 aromatic heterocycles. The number of benzene rings is 1.